The third kappa shape index (κ3) is 7.48. The number of carbonyl (C=O) groups is 2. The zero-order valence-corrected chi connectivity index (χ0v) is 25.5. The molecule has 1 aliphatic carbocycles. The first-order chi connectivity index (χ1) is 20.7. The third-order valence-corrected chi connectivity index (χ3v) is 9.81. The van der Waals surface area contributed by atoms with Crippen LogP contribution in [0.2, 0.25) is 0 Å². The quantitative estimate of drug-likeness (QED) is 0.324. The molecule has 1 fully saturated rings. The standard InChI is InChI=1S/C33H39N3O6S/c1-3-43(39,40)36(28-17-18-30-31(20-28)42-23-41-30)22-32(37)35(21-26-15-13-24(2)14-16-26)29(19-25-9-5-4-6-10-25)33(38)34-27-11-7-8-12-27/h4-6,9-10,13-18,20,27,29H,3,7-8,11-12,19,21-23H2,1-2H3,(H,34,38)/t29-/m1/s1. The fraction of sp³-hybridized carbons (Fsp3) is 0.394. The van der Waals surface area contributed by atoms with Crippen molar-refractivity contribution in [3.8, 4) is 11.5 Å². The lowest BCUT2D eigenvalue weighted by atomic mass is 10.0. The molecule has 1 saturated carbocycles. The average molecular weight is 606 g/mol. The Bertz CT molecular complexity index is 1520. The van der Waals surface area contributed by atoms with E-state index in [0.29, 0.717) is 23.6 Å². The Morgan fingerprint density at radius 3 is 2.33 bits per heavy atom. The van der Waals surface area contributed by atoms with Crippen molar-refractivity contribution in [2.24, 2.45) is 0 Å². The lowest BCUT2D eigenvalue weighted by molar-refractivity contribution is -0.140. The van der Waals surface area contributed by atoms with Crippen LogP contribution in [0.3, 0.4) is 0 Å². The normalized spacial score (nSPS) is 15.2. The van der Waals surface area contributed by atoms with Gasteiger partial charge in [0.25, 0.3) is 0 Å². The zero-order valence-electron chi connectivity index (χ0n) is 24.7. The van der Waals surface area contributed by atoms with Crippen LogP contribution in [0.25, 0.3) is 0 Å². The summed E-state index contributed by atoms with van der Waals surface area (Å²) in [5.41, 5.74) is 3.12. The molecule has 0 radical (unpaired) electrons. The van der Waals surface area contributed by atoms with E-state index in [4.69, 9.17) is 9.47 Å². The van der Waals surface area contributed by atoms with Crippen molar-refractivity contribution in [1.82, 2.24) is 10.2 Å². The Hall–Kier alpha value is -4.05. The summed E-state index contributed by atoms with van der Waals surface area (Å²) in [5, 5.41) is 3.19. The number of anilines is 1. The van der Waals surface area contributed by atoms with E-state index in [2.05, 4.69) is 5.32 Å². The highest BCUT2D eigenvalue weighted by Gasteiger charge is 2.35. The molecule has 0 saturated heterocycles. The largest absolute Gasteiger partial charge is 0.454 e. The second-order valence-electron chi connectivity index (χ2n) is 11.1. The van der Waals surface area contributed by atoms with E-state index < -0.39 is 28.5 Å². The topological polar surface area (TPSA) is 105 Å². The Kier molecular flexibility index (Phi) is 9.55. The monoisotopic (exact) mass is 605 g/mol. The number of hydrogen-bond donors (Lipinski definition) is 1. The van der Waals surface area contributed by atoms with Gasteiger partial charge in [0, 0.05) is 25.1 Å². The van der Waals surface area contributed by atoms with Crippen LogP contribution in [0.4, 0.5) is 5.69 Å². The van der Waals surface area contributed by atoms with E-state index in [1.165, 1.54) is 11.8 Å². The number of benzene rings is 3. The summed E-state index contributed by atoms with van der Waals surface area (Å²) in [7, 11) is -3.87. The number of fused-ring (bicyclic) bond motifs is 1. The van der Waals surface area contributed by atoms with Gasteiger partial charge in [-0.25, -0.2) is 8.42 Å². The van der Waals surface area contributed by atoms with Crippen molar-refractivity contribution in [2.75, 3.05) is 23.4 Å². The number of nitrogens with one attached hydrogen (secondary N) is 1. The SMILES string of the molecule is CCS(=O)(=O)N(CC(=O)N(Cc1ccc(C)cc1)[C@H](Cc1ccccc1)C(=O)NC1CCCC1)c1ccc2c(c1)OCO2. The molecule has 2 aliphatic rings. The molecule has 10 heteroatoms. The number of aryl methyl sites for hydroxylation is 1. The van der Waals surface area contributed by atoms with Gasteiger partial charge in [-0.15, -0.1) is 0 Å². The van der Waals surface area contributed by atoms with Gasteiger partial charge < -0.3 is 19.7 Å². The molecule has 0 spiro atoms. The van der Waals surface area contributed by atoms with Crippen LogP contribution < -0.4 is 19.1 Å². The number of amides is 2. The Labute approximate surface area is 253 Å². The van der Waals surface area contributed by atoms with E-state index in [0.717, 1.165) is 46.7 Å². The number of rotatable bonds is 12. The first kappa shape index (κ1) is 30.4. The summed E-state index contributed by atoms with van der Waals surface area (Å²) < 4.78 is 38.8. The van der Waals surface area contributed by atoms with Gasteiger partial charge in [0.2, 0.25) is 28.6 Å². The van der Waals surface area contributed by atoms with Gasteiger partial charge in [-0.2, -0.15) is 0 Å². The number of hydrogen-bond acceptors (Lipinski definition) is 6. The average Bonchev–Trinajstić information content (AvgIpc) is 3.71. The van der Waals surface area contributed by atoms with Crippen LogP contribution in [-0.2, 0) is 32.6 Å². The molecular weight excluding hydrogens is 566 g/mol. The summed E-state index contributed by atoms with van der Waals surface area (Å²) in [6, 6.07) is 21.4. The maximum Gasteiger partial charge on any atom is 0.244 e. The fourth-order valence-electron chi connectivity index (χ4n) is 5.57. The molecule has 43 heavy (non-hydrogen) atoms. The smallest absolute Gasteiger partial charge is 0.244 e. The van der Waals surface area contributed by atoms with Crippen LogP contribution in [0, 0.1) is 6.92 Å². The van der Waals surface area contributed by atoms with E-state index in [1.54, 1.807) is 18.2 Å². The van der Waals surface area contributed by atoms with E-state index in [9.17, 15) is 18.0 Å². The fourth-order valence-corrected chi connectivity index (χ4v) is 6.63. The first-order valence-corrected chi connectivity index (χ1v) is 16.4. The summed E-state index contributed by atoms with van der Waals surface area (Å²) in [4.78, 5) is 29.8. The van der Waals surface area contributed by atoms with Crippen LogP contribution in [0.5, 0.6) is 11.5 Å². The Morgan fingerprint density at radius 2 is 1.63 bits per heavy atom. The van der Waals surface area contributed by atoms with Crippen LogP contribution in [0.15, 0.2) is 72.8 Å². The minimum atomic E-state index is -3.87. The molecule has 5 rings (SSSR count). The second kappa shape index (κ2) is 13.5. The molecular formula is C33H39N3O6S. The lowest BCUT2D eigenvalue weighted by Gasteiger charge is -2.34. The highest BCUT2D eigenvalue weighted by atomic mass is 32.2. The van der Waals surface area contributed by atoms with Gasteiger partial charge in [-0.1, -0.05) is 73.0 Å². The Balaban J connectivity index is 1.51. The molecule has 1 aliphatic heterocycles. The van der Waals surface area contributed by atoms with Gasteiger partial charge >= 0.3 is 0 Å². The molecule has 228 valence electrons. The lowest BCUT2D eigenvalue weighted by Crippen LogP contribution is -2.54. The summed E-state index contributed by atoms with van der Waals surface area (Å²) in [6.45, 7) is 3.25. The third-order valence-electron chi connectivity index (χ3n) is 8.07. The minimum Gasteiger partial charge on any atom is -0.454 e. The molecule has 0 bridgehead atoms. The summed E-state index contributed by atoms with van der Waals surface area (Å²) in [6.07, 6.45) is 4.21. The molecule has 9 nitrogen and oxygen atoms in total. The number of carbonyl (C=O) groups excluding carboxylic acids is 2. The predicted octanol–water partition coefficient (Wildman–Crippen LogP) is 4.58. The van der Waals surface area contributed by atoms with Gasteiger partial charge in [-0.05, 0) is 49.9 Å². The number of ether oxygens (including phenoxy) is 2. The summed E-state index contributed by atoms with van der Waals surface area (Å²) >= 11 is 0. The predicted molar refractivity (Wildman–Crippen MR) is 165 cm³/mol. The van der Waals surface area contributed by atoms with Crippen molar-refractivity contribution in [3.63, 3.8) is 0 Å². The van der Waals surface area contributed by atoms with Crippen LogP contribution in [0.1, 0.15) is 49.3 Å². The van der Waals surface area contributed by atoms with Crippen molar-refractivity contribution in [3.05, 3.63) is 89.5 Å². The van der Waals surface area contributed by atoms with Gasteiger partial charge in [0.05, 0.1) is 11.4 Å². The molecule has 3 aromatic carbocycles. The highest BCUT2D eigenvalue weighted by Crippen LogP contribution is 2.36. The van der Waals surface area contributed by atoms with Gasteiger partial charge in [-0.3, -0.25) is 13.9 Å². The highest BCUT2D eigenvalue weighted by molar-refractivity contribution is 7.92. The molecule has 0 aromatic heterocycles. The first-order valence-electron chi connectivity index (χ1n) is 14.8. The van der Waals surface area contributed by atoms with Crippen molar-refractivity contribution < 1.29 is 27.5 Å². The minimum absolute atomic E-state index is 0.0415. The van der Waals surface area contributed by atoms with Gasteiger partial charge in [0.15, 0.2) is 11.5 Å². The van der Waals surface area contributed by atoms with Gasteiger partial charge in [0.1, 0.15) is 12.6 Å². The molecule has 1 N–H and O–H groups in total. The molecule has 2 amide bonds. The molecule has 0 unspecified atom stereocenters. The number of sulfonamides is 1. The molecule has 1 heterocycles. The maximum atomic E-state index is 14.4. The second-order valence-corrected chi connectivity index (χ2v) is 13.3. The maximum absolute atomic E-state index is 14.4. The molecule has 3 aromatic rings. The van der Waals surface area contributed by atoms with Crippen molar-refractivity contribution >= 4 is 27.5 Å². The Morgan fingerprint density at radius 1 is 0.930 bits per heavy atom. The van der Waals surface area contributed by atoms with E-state index in [1.807, 2.05) is 61.5 Å². The zero-order chi connectivity index (χ0) is 30.4. The van der Waals surface area contributed by atoms with Crippen molar-refractivity contribution in [2.45, 2.75) is 64.6 Å². The van der Waals surface area contributed by atoms with Crippen LogP contribution >= 0.6 is 0 Å². The van der Waals surface area contributed by atoms with E-state index in [-0.39, 0.29) is 31.0 Å². The van der Waals surface area contributed by atoms with E-state index >= 15 is 0 Å². The molecule has 1 atom stereocenters. The van der Waals surface area contributed by atoms with Crippen LogP contribution in [-0.4, -0.2) is 56.3 Å². The summed E-state index contributed by atoms with van der Waals surface area (Å²) in [5.74, 6) is 0.0107. The van der Waals surface area contributed by atoms with Crippen molar-refractivity contribution in [1.29, 1.82) is 0 Å². The number of nitrogens with zero attached hydrogens (tertiary/aromatic N) is 2.